The van der Waals surface area contributed by atoms with E-state index in [9.17, 15) is 0 Å². The number of aromatic nitrogens is 2. The predicted molar refractivity (Wildman–Crippen MR) is 54.1 cm³/mol. The van der Waals surface area contributed by atoms with E-state index >= 15 is 0 Å². The van der Waals surface area contributed by atoms with Crippen molar-refractivity contribution in [3.8, 4) is 0 Å². The molecule has 13 heavy (non-hydrogen) atoms. The van der Waals surface area contributed by atoms with E-state index in [2.05, 4.69) is 28.9 Å². The molecule has 1 aliphatic rings. The molecule has 0 amide bonds. The molecular formula is C10H17N3. The van der Waals surface area contributed by atoms with E-state index in [1.54, 1.807) is 0 Å². The van der Waals surface area contributed by atoms with E-state index in [4.69, 9.17) is 0 Å². The molecular weight excluding hydrogens is 162 g/mol. The lowest BCUT2D eigenvalue weighted by molar-refractivity contribution is 0.510. The van der Waals surface area contributed by atoms with Crippen molar-refractivity contribution in [1.29, 1.82) is 0 Å². The van der Waals surface area contributed by atoms with Gasteiger partial charge in [-0.2, -0.15) is 5.10 Å². The Balaban J connectivity index is 2.38. The second-order valence-corrected chi connectivity index (χ2v) is 4.01. The van der Waals surface area contributed by atoms with Crippen LogP contribution in [0.15, 0.2) is 6.20 Å². The molecule has 1 aliphatic carbocycles. The highest BCUT2D eigenvalue weighted by Gasteiger charge is 2.30. The van der Waals surface area contributed by atoms with Gasteiger partial charge in [-0.15, -0.1) is 0 Å². The van der Waals surface area contributed by atoms with E-state index in [0.717, 1.165) is 5.92 Å². The van der Waals surface area contributed by atoms with E-state index in [1.165, 1.54) is 24.2 Å². The molecule has 2 rings (SSSR count). The molecule has 72 valence electrons. The summed E-state index contributed by atoms with van der Waals surface area (Å²) in [5.41, 5.74) is 2.61. The van der Waals surface area contributed by atoms with Crippen LogP contribution in [-0.2, 0) is 0 Å². The van der Waals surface area contributed by atoms with Crippen LogP contribution in [0.1, 0.15) is 44.3 Å². The van der Waals surface area contributed by atoms with Gasteiger partial charge in [-0.05, 0) is 26.7 Å². The molecule has 0 bridgehead atoms. The molecule has 0 saturated heterocycles. The molecule has 0 unspecified atom stereocenters. The van der Waals surface area contributed by atoms with Crippen molar-refractivity contribution in [3.05, 3.63) is 11.9 Å². The number of hydrogen-bond donors (Lipinski definition) is 1. The number of rotatable bonds is 3. The summed E-state index contributed by atoms with van der Waals surface area (Å²) in [6, 6.07) is 0.470. The third kappa shape index (κ3) is 1.43. The van der Waals surface area contributed by atoms with Crippen molar-refractivity contribution in [3.63, 3.8) is 0 Å². The van der Waals surface area contributed by atoms with Gasteiger partial charge in [0.15, 0.2) is 0 Å². The van der Waals surface area contributed by atoms with Gasteiger partial charge in [0, 0.05) is 19.0 Å². The lowest BCUT2D eigenvalue weighted by Gasteiger charge is -2.11. The standard InChI is InChI=1S/C10H17N3/c1-7(2)13-10(8-4-5-8)9(11-3)6-12-13/h6-8,11H,4-5H2,1-3H3. The van der Waals surface area contributed by atoms with Crippen LogP contribution in [0.4, 0.5) is 5.69 Å². The second-order valence-electron chi connectivity index (χ2n) is 4.01. The van der Waals surface area contributed by atoms with Crippen molar-refractivity contribution >= 4 is 5.69 Å². The molecule has 1 N–H and O–H groups in total. The Morgan fingerprint density at radius 2 is 2.23 bits per heavy atom. The first-order valence-corrected chi connectivity index (χ1v) is 4.99. The van der Waals surface area contributed by atoms with Crippen molar-refractivity contribution in [2.24, 2.45) is 0 Å². The first-order chi connectivity index (χ1) is 6.24. The van der Waals surface area contributed by atoms with Crippen molar-refractivity contribution in [2.45, 2.75) is 38.6 Å². The van der Waals surface area contributed by atoms with Crippen molar-refractivity contribution in [2.75, 3.05) is 12.4 Å². The highest BCUT2D eigenvalue weighted by atomic mass is 15.3. The normalized spacial score (nSPS) is 16.6. The van der Waals surface area contributed by atoms with Gasteiger partial charge in [-0.3, -0.25) is 4.68 Å². The number of anilines is 1. The number of nitrogens with zero attached hydrogens (tertiary/aromatic N) is 2. The van der Waals surface area contributed by atoms with Crippen LogP contribution < -0.4 is 5.32 Å². The molecule has 0 radical (unpaired) electrons. The van der Waals surface area contributed by atoms with Crippen LogP contribution in [0.5, 0.6) is 0 Å². The van der Waals surface area contributed by atoms with Gasteiger partial charge < -0.3 is 5.32 Å². The number of nitrogens with one attached hydrogen (secondary N) is 1. The van der Waals surface area contributed by atoms with E-state index in [1.807, 2.05) is 13.2 Å². The summed E-state index contributed by atoms with van der Waals surface area (Å²) in [4.78, 5) is 0. The predicted octanol–water partition coefficient (Wildman–Crippen LogP) is 2.38. The van der Waals surface area contributed by atoms with Crippen LogP contribution in [-0.4, -0.2) is 16.8 Å². The molecule has 1 fully saturated rings. The van der Waals surface area contributed by atoms with Crippen LogP contribution in [0.3, 0.4) is 0 Å². The average Bonchev–Trinajstić information content (AvgIpc) is 2.84. The van der Waals surface area contributed by atoms with Gasteiger partial charge in [0.25, 0.3) is 0 Å². The zero-order valence-electron chi connectivity index (χ0n) is 8.54. The van der Waals surface area contributed by atoms with Gasteiger partial charge in [-0.25, -0.2) is 0 Å². The third-order valence-electron chi connectivity index (χ3n) is 2.56. The summed E-state index contributed by atoms with van der Waals surface area (Å²) in [5, 5.41) is 7.61. The zero-order valence-corrected chi connectivity index (χ0v) is 8.54. The van der Waals surface area contributed by atoms with Gasteiger partial charge in [0.2, 0.25) is 0 Å². The maximum atomic E-state index is 4.40. The Morgan fingerprint density at radius 1 is 1.54 bits per heavy atom. The van der Waals surface area contributed by atoms with Crippen LogP contribution in [0.25, 0.3) is 0 Å². The minimum Gasteiger partial charge on any atom is -0.385 e. The van der Waals surface area contributed by atoms with Gasteiger partial charge >= 0.3 is 0 Å². The van der Waals surface area contributed by atoms with E-state index < -0.39 is 0 Å². The molecule has 0 aliphatic heterocycles. The molecule has 0 atom stereocenters. The fourth-order valence-corrected chi connectivity index (χ4v) is 1.74. The molecule has 3 nitrogen and oxygen atoms in total. The topological polar surface area (TPSA) is 29.9 Å². The smallest absolute Gasteiger partial charge is 0.0759 e. The monoisotopic (exact) mass is 179 g/mol. The minimum absolute atomic E-state index is 0.470. The number of hydrogen-bond acceptors (Lipinski definition) is 2. The second kappa shape index (κ2) is 3.05. The summed E-state index contributed by atoms with van der Waals surface area (Å²) in [7, 11) is 1.97. The van der Waals surface area contributed by atoms with Crippen molar-refractivity contribution < 1.29 is 0 Å². The summed E-state index contributed by atoms with van der Waals surface area (Å²) in [6.07, 6.45) is 4.59. The van der Waals surface area contributed by atoms with Crippen molar-refractivity contribution in [1.82, 2.24) is 9.78 Å². The first kappa shape index (κ1) is 8.60. The Kier molecular flexibility index (Phi) is 2.02. The Morgan fingerprint density at radius 3 is 2.69 bits per heavy atom. The lowest BCUT2D eigenvalue weighted by Crippen LogP contribution is -2.07. The average molecular weight is 179 g/mol. The minimum atomic E-state index is 0.470. The maximum Gasteiger partial charge on any atom is 0.0759 e. The largest absolute Gasteiger partial charge is 0.385 e. The summed E-state index contributed by atoms with van der Waals surface area (Å²) in [6.45, 7) is 4.36. The summed E-state index contributed by atoms with van der Waals surface area (Å²) >= 11 is 0. The SMILES string of the molecule is CNc1cnn(C(C)C)c1C1CC1. The zero-order chi connectivity index (χ0) is 9.42. The maximum absolute atomic E-state index is 4.40. The quantitative estimate of drug-likeness (QED) is 0.772. The molecule has 1 aromatic heterocycles. The Labute approximate surface area is 79.1 Å². The highest BCUT2D eigenvalue weighted by Crippen LogP contribution is 2.43. The molecule has 1 saturated carbocycles. The Hall–Kier alpha value is -0.990. The van der Waals surface area contributed by atoms with E-state index in [0.29, 0.717) is 6.04 Å². The first-order valence-electron chi connectivity index (χ1n) is 4.99. The van der Waals surface area contributed by atoms with E-state index in [-0.39, 0.29) is 0 Å². The molecule has 1 heterocycles. The fraction of sp³-hybridized carbons (Fsp3) is 0.700. The fourth-order valence-electron chi connectivity index (χ4n) is 1.74. The van der Waals surface area contributed by atoms with Crippen LogP contribution in [0.2, 0.25) is 0 Å². The highest BCUT2D eigenvalue weighted by molar-refractivity contribution is 5.49. The molecule has 1 aromatic rings. The summed E-state index contributed by atoms with van der Waals surface area (Å²) < 4.78 is 2.14. The van der Waals surface area contributed by atoms with Gasteiger partial charge in [-0.1, -0.05) is 0 Å². The van der Waals surface area contributed by atoms with Gasteiger partial charge in [0.1, 0.15) is 0 Å². The Bertz CT molecular complexity index is 297. The summed E-state index contributed by atoms with van der Waals surface area (Å²) in [5.74, 6) is 0.757. The van der Waals surface area contributed by atoms with Gasteiger partial charge in [0.05, 0.1) is 17.6 Å². The molecule has 0 spiro atoms. The molecule has 0 aromatic carbocycles. The third-order valence-corrected chi connectivity index (χ3v) is 2.56. The van der Waals surface area contributed by atoms with Crippen LogP contribution in [0, 0.1) is 0 Å². The molecule has 3 heteroatoms. The lowest BCUT2D eigenvalue weighted by atomic mass is 10.2. The van der Waals surface area contributed by atoms with Crippen LogP contribution >= 0.6 is 0 Å².